The summed E-state index contributed by atoms with van der Waals surface area (Å²) in [6, 6.07) is 6.73. The summed E-state index contributed by atoms with van der Waals surface area (Å²) in [5, 5.41) is 0.554. The molecule has 0 atom stereocenters. The van der Waals surface area contributed by atoms with E-state index in [1.54, 1.807) is 31.4 Å². The van der Waals surface area contributed by atoms with E-state index in [1.165, 1.54) is 11.3 Å². The lowest BCUT2D eigenvalue weighted by atomic mass is 10.0. The monoisotopic (exact) mass is 334 g/mol. The number of carbonyl (C=O) groups is 1. The van der Waals surface area contributed by atoms with Crippen molar-refractivity contribution in [2.45, 2.75) is 6.42 Å². The molecule has 0 unspecified atom stereocenters. The van der Waals surface area contributed by atoms with Crippen LogP contribution in [-0.4, -0.2) is 12.9 Å². The number of Topliss-reactive ketones (excluding diaryl/α,β-unsaturated/α-hetero) is 1. The minimum Gasteiger partial charge on any atom is -0.496 e. The summed E-state index contributed by atoms with van der Waals surface area (Å²) in [4.78, 5) is 12.2. The van der Waals surface area contributed by atoms with Crippen molar-refractivity contribution in [3.63, 3.8) is 0 Å². The van der Waals surface area contributed by atoms with Crippen LogP contribution in [0, 0.1) is 0 Å². The molecule has 2 aromatic rings. The first kappa shape index (κ1) is 14.7. The van der Waals surface area contributed by atoms with Gasteiger partial charge in [0.15, 0.2) is 5.78 Å². The molecule has 1 aromatic heterocycles. The summed E-state index contributed by atoms with van der Waals surface area (Å²) in [5.41, 5.74) is 1.15. The average molecular weight is 336 g/mol. The Morgan fingerprint density at radius 2 is 2.00 bits per heavy atom. The first-order valence-electron chi connectivity index (χ1n) is 5.31. The number of rotatable bonds is 4. The van der Waals surface area contributed by atoms with Gasteiger partial charge in [-0.15, -0.1) is 11.3 Å². The molecule has 0 aliphatic carbocycles. The van der Waals surface area contributed by atoms with Gasteiger partial charge in [0.1, 0.15) is 10.1 Å². The Labute approximate surface area is 129 Å². The van der Waals surface area contributed by atoms with Crippen molar-refractivity contribution in [3.8, 4) is 5.75 Å². The van der Waals surface area contributed by atoms with Crippen LogP contribution in [0.3, 0.4) is 0 Å². The third kappa shape index (κ3) is 3.42. The van der Waals surface area contributed by atoms with Gasteiger partial charge in [0.25, 0.3) is 0 Å². The van der Waals surface area contributed by atoms with E-state index < -0.39 is 0 Å². The number of thiophene rings is 1. The van der Waals surface area contributed by atoms with Gasteiger partial charge in [-0.3, -0.25) is 4.79 Å². The highest BCUT2D eigenvalue weighted by molar-refractivity contribution is 7.20. The van der Waals surface area contributed by atoms with Crippen LogP contribution in [0.5, 0.6) is 5.75 Å². The summed E-state index contributed by atoms with van der Waals surface area (Å²) >= 11 is 18.9. The van der Waals surface area contributed by atoms with Crippen LogP contribution in [0.25, 0.3) is 0 Å². The maximum atomic E-state index is 12.2. The van der Waals surface area contributed by atoms with Crippen LogP contribution in [-0.2, 0) is 6.42 Å². The highest BCUT2D eigenvalue weighted by Crippen LogP contribution is 2.33. The highest BCUT2D eigenvalue weighted by Gasteiger charge is 2.16. The standard InChI is InChI=1S/C13H9Cl3O2S/c1-18-11-3-2-8(14)4-7(11)5-10(17)9-6-12(15)19-13(9)16/h2-4,6H,5H2,1H3. The molecule has 0 aliphatic heterocycles. The number of hydrogen-bond donors (Lipinski definition) is 0. The lowest BCUT2D eigenvalue weighted by Crippen LogP contribution is -2.04. The Morgan fingerprint density at radius 3 is 2.58 bits per heavy atom. The van der Waals surface area contributed by atoms with Crippen LogP contribution in [0.1, 0.15) is 15.9 Å². The molecule has 0 radical (unpaired) electrons. The van der Waals surface area contributed by atoms with Crippen molar-refractivity contribution in [3.05, 3.63) is 49.1 Å². The molecule has 0 saturated heterocycles. The molecule has 100 valence electrons. The van der Waals surface area contributed by atoms with Gasteiger partial charge >= 0.3 is 0 Å². The number of carbonyl (C=O) groups excluding carboxylic acids is 1. The van der Waals surface area contributed by atoms with Crippen LogP contribution in [0.4, 0.5) is 0 Å². The molecule has 6 heteroatoms. The second-order valence-electron chi connectivity index (χ2n) is 3.79. The second kappa shape index (κ2) is 6.14. The summed E-state index contributed by atoms with van der Waals surface area (Å²) in [5.74, 6) is 0.504. The Hall–Kier alpha value is -0.740. The van der Waals surface area contributed by atoms with Gasteiger partial charge in [-0.1, -0.05) is 34.8 Å². The van der Waals surface area contributed by atoms with E-state index >= 15 is 0 Å². The topological polar surface area (TPSA) is 26.3 Å². The smallest absolute Gasteiger partial charge is 0.169 e. The zero-order valence-corrected chi connectivity index (χ0v) is 13.0. The van der Waals surface area contributed by atoms with Gasteiger partial charge in [0.2, 0.25) is 0 Å². The number of methoxy groups -OCH3 is 1. The van der Waals surface area contributed by atoms with Crippen molar-refractivity contribution >= 4 is 51.9 Å². The Balaban J connectivity index is 2.28. The van der Waals surface area contributed by atoms with E-state index in [9.17, 15) is 4.79 Å². The quantitative estimate of drug-likeness (QED) is 0.723. The maximum absolute atomic E-state index is 12.2. The van der Waals surface area contributed by atoms with E-state index in [-0.39, 0.29) is 12.2 Å². The van der Waals surface area contributed by atoms with Gasteiger partial charge in [0.05, 0.1) is 11.4 Å². The number of ketones is 1. The fourth-order valence-corrected chi connectivity index (χ4v) is 3.38. The molecule has 19 heavy (non-hydrogen) atoms. The van der Waals surface area contributed by atoms with Gasteiger partial charge < -0.3 is 4.74 Å². The van der Waals surface area contributed by atoms with E-state index in [1.807, 2.05) is 0 Å². The van der Waals surface area contributed by atoms with E-state index in [2.05, 4.69) is 0 Å². The third-order valence-corrected chi connectivity index (χ3v) is 4.27. The molecular weight excluding hydrogens is 327 g/mol. The number of ether oxygens (including phenoxy) is 1. The van der Waals surface area contributed by atoms with Crippen LogP contribution >= 0.6 is 46.1 Å². The molecule has 0 N–H and O–H groups in total. The summed E-state index contributed by atoms with van der Waals surface area (Å²) in [6.45, 7) is 0. The maximum Gasteiger partial charge on any atom is 0.169 e. The predicted octanol–water partition coefficient (Wildman–Crippen LogP) is 5.14. The molecule has 2 nitrogen and oxygen atoms in total. The minimum absolute atomic E-state index is 0.117. The molecule has 0 aliphatic rings. The van der Waals surface area contributed by atoms with Crippen molar-refractivity contribution in [2.75, 3.05) is 7.11 Å². The third-order valence-electron chi connectivity index (χ3n) is 2.55. The van der Waals surface area contributed by atoms with Gasteiger partial charge in [-0.25, -0.2) is 0 Å². The Bertz CT molecular complexity index is 622. The molecular formula is C13H9Cl3O2S. The van der Waals surface area contributed by atoms with Crippen LogP contribution in [0.2, 0.25) is 13.7 Å². The van der Waals surface area contributed by atoms with Crippen molar-refractivity contribution in [1.29, 1.82) is 0 Å². The molecule has 0 bridgehead atoms. The fraction of sp³-hybridized carbons (Fsp3) is 0.154. The summed E-state index contributed by atoms with van der Waals surface area (Å²) in [6.07, 6.45) is 0.163. The fourth-order valence-electron chi connectivity index (χ4n) is 1.68. The van der Waals surface area contributed by atoms with Crippen molar-refractivity contribution < 1.29 is 9.53 Å². The molecule has 0 fully saturated rings. The normalized spacial score (nSPS) is 10.5. The average Bonchev–Trinajstić information content (AvgIpc) is 2.69. The molecule has 2 rings (SSSR count). The SMILES string of the molecule is COc1ccc(Cl)cc1CC(=O)c1cc(Cl)sc1Cl. The van der Waals surface area contributed by atoms with E-state index in [0.717, 1.165) is 5.56 Å². The largest absolute Gasteiger partial charge is 0.496 e. The van der Waals surface area contributed by atoms with Gasteiger partial charge in [-0.05, 0) is 24.3 Å². The van der Waals surface area contributed by atoms with Gasteiger partial charge in [0, 0.05) is 22.6 Å². The van der Waals surface area contributed by atoms with Crippen molar-refractivity contribution in [2.24, 2.45) is 0 Å². The highest BCUT2D eigenvalue weighted by atomic mass is 35.5. The number of halogens is 3. The van der Waals surface area contributed by atoms with Gasteiger partial charge in [-0.2, -0.15) is 0 Å². The predicted molar refractivity (Wildman–Crippen MR) is 80.4 cm³/mol. The first-order chi connectivity index (χ1) is 9.01. The molecule has 1 heterocycles. The van der Waals surface area contributed by atoms with E-state index in [0.29, 0.717) is 25.0 Å². The molecule has 0 amide bonds. The first-order valence-corrected chi connectivity index (χ1v) is 7.26. The number of hydrogen-bond acceptors (Lipinski definition) is 3. The molecule has 1 aromatic carbocycles. The Kier molecular flexibility index (Phi) is 4.74. The zero-order chi connectivity index (χ0) is 14.0. The zero-order valence-electron chi connectivity index (χ0n) is 9.88. The minimum atomic E-state index is -0.117. The molecule has 0 spiro atoms. The number of benzene rings is 1. The lowest BCUT2D eigenvalue weighted by molar-refractivity contribution is 0.0992. The van der Waals surface area contributed by atoms with E-state index in [4.69, 9.17) is 39.5 Å². The van der Waals surface area contributed by atoms with Crippen LogP contribution < -0.4 is 4.74 Å². The summed E-state index contributed by atoms with van der Waals surface area (Å²) in [7, 11) is 1.55. The molecule has 0 saturated carbocycles. The second-order valence-corrected chi connectivity index (χ2v) is 6.52. The van der Waals surface area contributed by atoms with Crippen molar-refractivity contribution in [1.82, 2.24) is 0 Å². The summed E-state index contributed by atoms with van der Waals surface area (Å²) < 4.78 is 6.10. The van der Waals surface area contributed by atoms with Crippen LogP contribution in [0.15, 0.2) is 24.3 Å². The lowest BCUT2D eigenvalue weighted by Gasteiger charge is -2.08. The Morgan fingerprint density at radius 1 is 1.26 bits per heavy atom.